The molecule has 1 aromatic rings. The Hall–Kier alpha value is -2.52. The number of carbonyl (C=O) groups is 3. The van der Waals surface area contributed by atoms with Crippen LogP contribution in [-0.2, 0) is 14.4 Å². The van der Waals surface area contributed by atoms with Crippen molar-refractivity contribution in [2.24, 2.45) is 5.92 Å². The molecule has 0 saturated carbocycles. The van der Waals surface area contributed by atoms with E-state index in [4.69, 9.17) is 0 Å². The fourth-order valence-corrected chi connectivity index (χ4v) is 4.27. The van der Waals surface area contributed by atoms with Gasteiger partial charge in [-0.2, -0.15) is 0 Å². The predicted molar refractivity (Wildman–Crippen MR) is 96.6 cm³/mol. The van der Waals surface area contributed by atoms with Gasteiger partial charge in [0.25, 0.3) is 5.78 Å². The van der Waals surface area contributed by atoms with Crippen LogP contribution in [0.3, 0.4) is 0 Å². The number of hydrogen-bond acceptors (Lipinski definition) is 7. The van der Waals surface area contributed by atoms with Crippen molar-refractivity contribution in [2.75, 3.05) is 44.2 Å². The number of nitrogens with zero attached hydrogens (tertiary/aromatic N) is 3. The molecule has 2 aliphatic heterocycles. The molecule has 1 atom stereocenters. The molecule has 0 bridgehead atoms. The smallest absolute Gasteiger partial charge is 0.374 e. The molecule has 0 radical (unpaired) electrons. The molecule has 9 nitrogen and oxygen atoms in total. The largest absolute Gasteiger partial charge is 0.480 e. The highest BCUT2D eigenvalue weighted by atomic mass is 16.4. The number of pyridine rings is 1. The van der Waals surface area contributed by atoms with Crippen molar-refractivity contribution >= 4 is 23.4 Å². The highest BCUT2D eigenvalue weighted by molar-refractivity contribution is 6.41. The lowest BCUT2D eigenvalue weighted by atomic mass is 9.73. The predicted octanol–water partition coefficient (Wildman–Crippen LogP) is -0.320. The number of carboxylic acid groups (broad SMARTS) is 2. The molecule has 2 aliphatic rings. The minimum atomic E-state index is -2.02. The number of Topliss-reactive ketones (excluding diaryl/α,β-unsaturated/α-hetero) is 1. The lowest BCUT2D eigenvalue weighted by molar-refractivity contribution is -0.171. The van der Waals surface area contributed by atoms with Gasteiger partial charge in [-0.3, -0.25) is 14.7 Å². The number of nitrogens with one attached hydrogen (secondary N) is 1. The number of piperidine rings is 1. The van der Waals surface area contributed by atoms with Gasteiger partial charge in [0.05, 0.1) is 0 Å². The highest BCUT2D eigenvalue weighted by Crippen LogP contribution is 2.35. The van der Waals surface area contributed by atoms with Gasteiger partial charge in [-0.25, -0.2) is 9.59 Å². The van der Waals surface area contributed by atoms with Crippen LogP contribution in [0.25, 0.3) is 0 Å². The van der Waals surface area contributed by atoms with Crippen LogP contribution in [0.5, 0.6) is 0 Å². The maximum absolute atomic E-state index is 12.7. The molecule has 27 heavy (non-hydrogen) atoms. The number of hydrogen-bond donors (Lipinski definition) is 3. The molecule has 1 aromatic heterocycles. The summed E-state index contributed by atoms with van der Waals surface area (Å²) in [6.07, 6.45) is 4.28. The zero-order chi connectivity index (χ0) is 19.4. The summed E-state index contributed by atoms with van der Waals surface area (Å²) < 4.78 is 0. The summed E-state index contributed by atoms with van der Waals surface area (Å²) in [6.45, 7) is 2.77. The van der Waals surface area contributed by atoms with E-state index in [1.807, 2.05) is 12.1 Å². The summed E-state index contributed by atoms with van der Waals surface area (Å²) in [5, 5.41) is 22.6. The van der Waals surface area contributed by atoms with Crippen LogP contribution in [-0.4, -0.2) is 82.6 Å². The van der Waals surface area contributed by atoms with Gasteiger partial charge in [-0.05, 0) is 44.0 Å². The van der Waals surface area contributed by atoms with Crippen molar-refractivity contribution in [1.82, 2.24) is 15.2 Å². The Balaban J connectivity index is 1.88. The third-order valence-electron chi connectivity index (χ3n) is 5.60. The Morgan fingerprint density at radius 1 is 1.04 bits per heavy atom. The van der Waals surface area contributed by atoms with E-state index in [2.05, 4.69) is 15.2 Å². The number of aromatic nitrogens is 1. The summed E-state index contributed by atoms with van der Waals surface area (Å²) in [5.41, 5.74) is -1.05. The van der Waals surface area contributed by atoms with Crippen LogP contribution >= 0.6 is 0 Å². The standard InChI is InChI=1S/C18H24N4O5/c23-15(16(24)25)18(17(26)27,13-1-5-19-6-2-13)22-11-9-21(10-12-22)14-3-7-20-8-4-14/h3-4,7-8,13,19H,1-2,5-6,9-12H2,(H,24,25)(H,26,27). The minimum absolute atomic E-state index is 0.303. The van der Waals surface area contributed by atoms with Gasteiger partial charge in [0.1, 0.15) is 0 Å². The topological polar surface area (TPSA) is 123 Å². The van der Waals surface area contributed by atoms with Crippen LogP contribution in [0.2, 0.25) is 0 Å². The second kappa shape index (κ2) is 8.01. The molecule has 146 valence electrons. The maximum Gasteiger partial charge on any atom is 0.374 e. The van der Waals surface area contributed by atoms with E-state index in [1.165, 1.54) is 0 Å². The Morgan fingerprint density at radius 3 is 2.15 bits per heavy atom. The molecule has 3 rings (SSSR count). The van der Waals surface area contributed by atoms with Crippen LogP contribution in [0.15, 0.2) is 24.5 Å². The molecule has 2 fully saturated rings. The summed E-state index contributed by atoms with van der Waals surface area (Å²) in [4.78, 5) is 44.2. The summed E-state index contributed by atoms with van der Waals surface area (Å²) in [5.74, 6) is -4.82. The Morgan fingerprint density at radius 2 is 1.63 bits per heavy atom. The number of carbonyl (C=O) groups excluding carboxylic acids is 1. The molecular weight excluding hydrogens is 352 g/mol. The quantitative estimate of drug-likeness (QED) is 0.453. The second-order valence-corrected chi connectivity index (χ2v) is 6.91. The number of anilines is 1. The molecule has 1 unspecified atom stereocenters. The first-order chi connectivity index (χ1) is 13.0. The minimum Gasteiger partial charge on any atom is -0.480 e. The van der Waals surface area contributed by atoms with Crippen molar-refractivity contribution in [3.63, 3.8) is 0 Å². The van der Waals surface area contributed by atoms with Crippen molar-refractivity contribution in [3.05, 3.63) is 24.5 Å². The van der Waals surface area contributed by atoms with Crippen LogP contribution in [0, 0.1) is 5.92 Å². The number of carboxylic acids is 2. The number of aliphatic carboxylic acids is 2. The first kappa shape index (κ1) is 19.2. The molecule has 9 heteroatoms. The van der Waals surface area contributed by atoms with E-state index in [0.29, 0.717) is 52.1 Å². The van der Waals surface area contributed by atoms with Crippen molar-refractivity contribution in [3.8, 4) is 0 Å². The van der Waals surface area contributed by atoms with Crippen LogP contribution in [0.4, 0.5) is 5.69 Å². The average Bonchev–Trinajstić information content (AvgIpc) is 2.70. The first-order valence-electron chi connectivity index (χ1n) is 9.09. The molecule has 3 N–H and O–H groups in total. The highest BCUT2D eigenvalue weighted by Gasteiger charge is 2.59. The molecule has 3 heterocycles. The van der Waals surface area contributed by atoms with E-state index >= 15 is 0 Å². The SMILES string of the molecule is O=C(O)C(=O)C(C(=O)O)(C1CCNCC1)N1CCN(c2ccncc2)CC1. The average molecular weight is 376 g/mol. The maximum atomic E-state index is 12.7. The Kier molecular flexibility index (Phi) is 5.71. The second-order valence-electron chi connectivity index (χ2n) is 6.91. The summed E-state index contributed by atoms with van der Waals surface area (Å²) >= 11 is 0. The van der Waals surface area contributed by atoms with Gasteiger partial charge in [0.2, 0.25) is 0 Å². The lowest BCUT2D eigenvalue weighted by Gasteiger charge is -2.48. The van der Waals surface area contributed by atoms with E-state index in [9.17, 15) is 24.6 Å². The van der Waals surface area contributed by atoms with E-state index in [-0.39, 0.29) is 0 Å². The van der Waals surface area contributed by atoms with E-state index < -0.39 is 29.2 Å². The van der Waals surface area contributed by atoms with Crippen molar-refractivity contribution in [2.45, 2.75) is 18.4 Å². The Labute approximate surface area is 157 Å². The van der Waals surface area contributed by atoms with Gasteiger partial charge < -0.3 is 20.4 Å². The monoisotopic (exact) mass is 376 g/mol. The molecule has 0 spiro atoms. The number of piperazine rings is 1. The zero-order valence-electron chi connectivity index (χ0n) is 15.0. The van der Waals surface area contributed by atoms with Gasteiger partial charge in [0, 0.05) is 44.3 Å². The number of ketones is 1. The van der Waals surface area contributed by atoms with E-state index in [1.54, 1.807) is 17.3 Å². The zero-order valence-corrected chi connectivity index (χ0v) is 15.0. The normalized spacial score (nSPS) is 21.4. The molecule has 2 saturated heterocycles. The molecule has 0 aromatic carbocycles. The molecule has 0 aliphatic carbocycles. The Bertz CT molecular complexity index is 699. The molecule has 0 amide bonds. The van der Waals surface area contributed by atoms with Gasteiger partial charge in [-0.15, -0.1) is 0 Å². The molecular formula is C18H24N4O5. The first-order valence-corrected chi connectivity index (χ1v) is 9.09. The third-order valence-corrected chi connectivity index (χ3v) is 5.60. The summed E-state index contributed by atoms with van der Waals surface area (Å²) in [7, 11) is 0. The third kappa shape index (κ3) is 3.52. The lowest BCUT2D eigenvalue weighted by Crippen LogP contribution is -2.70. The number of rotatable bonds is 6. The van der Waals surface area contributed by atoms with Crippen molar-refractivity contribution in [1.29, 1.82) is 0 Å². The van der Waals surface area contributed by atoms with Crippen molar-refractivity contribution < 1.29 is 24.6 Å². The fourth-order valence-electron chi connectivity index (χ4n) is 4.27. The van der Waals surface area contributed by atoms with Crippen LogP contribution < -0.4 is 10.2 Å². The summed E-state index contributed by atoms with van der Waals surface area (Å²) in [6, 6.07) is 3.74. The van der Waals surface area contributed by atoms with Gasteiger partial charge in [0.15, 0.2) is 5.54 Å². The van der Waals surface area contributed by atoms with Gasteiger partial charge in [-0.1, -0.05) is 0 Å². The van der Waals surface area contributed by atoms with Crippen LogP contribution in [0.1, 0.15) is 12.8 Å². The fraction of sp³-hybridized carbons (Fsp3) is 0.556. The van der Waals surface area contributed by atoms with Gasteiger partial charge >= 0.3 is 11.9 Å². The van der Waals surface area contributed by atoms with E-state index in [0.717, 1.165) is 5.69 Å².